The molecule has 3 heterocycles. The average molecular weight is 457 g/mol. The number of nitrogens with zero attached hydrogens (tertiary/aromatic N) is 5. The Morgan fingerprint density at radius 3 is 2.61 bits per heavy atom. The lowest BCUT2D eigenvalue weighted by Gasteiger charge is -2.36. The van der Waals surface area contributed by atoms with Crippen molar-refractivity contribution < 1.29 is 13.2 Å². The quantitative estimate of drug-likeness (QED) is 0.701. The van der Waals surface area contributed by atoms with Gasteiger partial charge in [0.15, 0.2) is 0 Å². The van der Waals surface area contributed by atoms with E-state index >= 15 is 0 Å². The zero-order valence-corrected chi connectivity index (χ0v) is 18.5. The predicted molar refractivity (Wildman–Crippen MR) is 117 cm³/mol. The molecule has 33 heavy (non-hydrogen) atoms. The number of hydrogen-bond donors (Lipinski definition) is 1. The monoisotopic (exact) mass is 456 g/mol. The molecule has 8 rings (SSSR count). The Morgan fingerprint density at radius 1 is 1.18 bits per heavy atom. The smallest absolute Gasteiger partial charge is 0.383 e. The fourth-order valence-electron chi connectivity index (χ4n) is 6.40. The molecule has 2 bridgehead atoms. The summed E-state index contributed by atoms with van der Waals surface area (Å²) in [7, 11) is 2.17. The summed E-state index contributed by atoms with van der Waals surface area (Å²) in [6.45, 7) is 4.37. The first-order valence-electron chi connectivity index (χ1n) is 11.8. The Morgan fingerprint density at radius 2 is 1.94 bits per heavy atom. The van der Waals surface area contributed by atoms with Crippen molar-refractivity contribution in [1.82, 2.24) is 24.3 Å². The van der Waals surface area contributed by atoms with Crippen LogP contribution in [0, 0.1) is 17.8 Å². The third kappa shape index (κ3) is 2.81. The fourth-order valence-corrected chi connectivity index (χ4v) is 6.40. The van der Waals surface area contributed by atoms with Crippen molar-refractivity contribution in [2.45, 2.75) is 37.0 Å². The van der Waals surface area contributed by atoms with E-state index in [0.29, 0.717) is 35.1 Å². The molecule has 0 amide bonds. The highest BCUT2D eigenvalue weighted by Gasteiger charge is 2.90. The highest BCUT2D eigenvalue weighted by molar-refractivity contribution is 5.68. The van der Waals surface area contributed by atoms with Gasteiger partial charge in [0.05, 0.1) is 16.8 Å². The van der Waals surface area contributed by atoms with Gasteiger partial charge in [0.2, 0.25) is 0 Å². The van der Waals surface area contributed by atoms with Crippen molar-refractivity contribution in [2.24, 2.45) is 17.8 Å². The molecular weight excluding hydrogens is 429 g/mol. The van der Waals surface area contributed by atoms with Crippen molar-refractivity contribution in [2.75, 3.05) is 39.0 Å². The first kappa shape index (κ1) is 20.0. The van der Waals surface area contributed by atoms with Crippen molar-refractivity contribution in [1.29, 1.82) is 0 Å². The maximum Gasteiger partial charge on any atom is 0.419 e. The maximum absolute atomic E-state index is 13.4. The van der Waals surface area contributed by atoms with E-state index in [-0.39, 0.29) is 5.54 Å². The largest absolute Gasteiger partial charge is 0.419 e. The number of pyridine rings is 1. The Kier molecular flexibility index (Phi) is 3.87. The van der Waals surface area contributed by atoms with Gasteiger partial charge < -0.3 is 15.2 Å². The van der Waals surface area contributed by atoms with Gasteiger partial charge in [0, 0.05) is 68.4 Å². The van der Waals surface area contributed by atoms with Crippen LogP contribution in [0.15, 0.2) is 30.1 Å². The van der Waals surface area contributed by atoms with E-state index in [9.17, 15) is 13.2 Å². The molecule has 0 radical (unpaired) electrons. The average Bonchev–Trinajstić information content (AvgIpc) is 3.69. The molecule has 6 nitrogen and oxygen atoms in total. The molecule has 2 aromatic heterocycles. The lowest BCUT2D eigenvalue weighted by Crippen LogP contribution is -2.49. The number of allylic oxidation sites excluding steroid dienone is 1. The maximum atomic E-state index is 13.4. The van der Waals surface area contributed by atoms with E-state index in [1.807, 2.05) is 6.20 Å². The summed E-state index contributed by atoms with van der Waals surface area (Å²) < 4.78 is 42.5. The number of halogens is 3. The lowest BCUT2D eigenvalue weighted by atomic mass is 10.1. The van der Waals surface area contributed by atoms with Crippen LogP contribution >= 0.6 is 0 Å². The molecule has 9 heteroatoms. The van der Waals surface area contributed by atoms with Gasteiger partial charge in [-0.25, -0.2) is 9.97 Å². The summed E-state index contributed by atoms with van der Waals surface area (Å²) >= 11 is 0. The molecule has 4 fully saturated rings. The number of hydrogen-bond acceptors (Lipinski definition) is 5. The van der Waals surface area contributed by atoms with Gasteiger partial charge in [-0.1, -0.05) is 6.08 Å². The van der Waals surface area contributed by atoms with E-state index in [1.54, 1.807) is 0 Å². The van der Waals surface area contributed by atoms with Crippen LogP contribution in [-0.2, 0) is 18.1 Å². The Hall–Kier alpha value is -2.39. The number of fused-ring (bicyclic) bond motifs is 1. The first-order valence-corrected chi connectivity index (χ1v) is 11.8. The van der Waals surface area contributed by atoms with Crippen molar-refractivity contribution in [3.8, 4) is 11.3 Å². The van der Waals surface area contributed by atoms with Gasteiger partial charge >= 0.3 is 6.18 Å². The van der Waals surface area contributed by atoms with Gasteiger partial charge in [-0.05, 0) is 37.4 Å². The highest BCUT2D eigenvalue weighted by atomic mass is 19.4. The fraction of sp³-hybridized carbons (Fsp3) is 0.583. The number of nitrogen functional groups attached to an aromatic ring is 1. The number of rotatable bonds is 5. The molecule has 2 unspecified atom stereocenters. The molecule has 0 aromatic carbocycles. The molecule has 6 aliphatic rings. The molecule has 2 aromatic rings. The van der Waals surface area contributed by atoms with Crippen molar-refractivity contribution in [3.05, 3.63) is 41.5 Å². The molecule has 174 valence electrons. The highest BCUT2D eigenvalue weighted by Crippen LogP contribution is 2.87. The number of piperazine rings is 1. The summed E-state index contributed by atoms with van der Waals surface area (Å²) in [5.74, 6) is 2.31. The predicted octanol–water partition coefficient (Wildman–Crippen LogP) is 3.01. The third-order valence-electron chi connectivity index (χ3n) is 8.49. The van der Waals surface area contributed by atoms with Crippen LogP contribution in [-0.4, -0.2) is 63.6 Å². The molecule has 4 atom stereocenters. The minimum absolute atomic E-state index is 0.0254. The number of anilines is 1. The van der Waals surface area contributed by atoms with Gasteiger partial charge in [-0.15, -0.1) is 0 Å². The van der Waals surface area contributed by atoms with Crippen LogP contribution in [0.2, 0.25) is 0 Å². The first-order chi connectivity index (χ1) is 15.8. The minimum atomic E-state index is -4.54. The normalized spacial score (nSPS) is 33.2. The second-order valence-electron chi connectivity index (χ2n) is 10.5. The van der Waals surface area contributed by atoms with E-state index in [0.717, 1.165) is 44.5 Å². The molecular formula is C24H27F3N6. The summed E-state index contributed by atoms with van der Waals surface area (Å²) in [4.78, 5) is 13.7. The van der Waals surface area contributed by atoms with E-state index in [4.69, 9.17) is 10.7 Å². The van der Waals surface area contributed by atoms with Crippen molar-refractivity contribution >= 4 is 5.82 Å². The van der Waals surface area contributed by atoms with Crippen LogP contribution in [0.5, 0.6) is 0 Å². The molecule has 0 spiro atoms. The van der Waals surface area contributed by atoms with Crippen LogP contribution in [0.1, 0.15) is 24.2 Å². The third-order valence-corrected chi connectivity index (χ3v) is 8.49. The molecule has 2 N–H and O–H groups in total. The van der Waals surface area contributed by atoms with Gasteiger partial charge in [0.25, 0.3) is 0 Å². The van der Waals surface area contributed by atoms with E-state index in [1.165, 1.54) is 24.6 Å². The van der Waals surface area contributed by atoms with E-state index in [2.05, 4.69) is 32.5 Å². The Labute approximate surface area is 190 Å². The zero-order valence-electron chi connectivity index (χ0n) is 18.5. The van der Waals surface area contributed by atoms with Crippen LogP contribution < -0.4 is 5.73 Å². The van der Waals surface area contributed by atoms with Gasteiger partial charge in [-0.2, -0.15) is 13.2 Å². The summed E-state index contributed by atoms with van der Waals surface area (Å²) in [5, 5.41) is 0. The Balaban J connectivity index is 1.22. The summed E-state index contributed by atoms with van der Waals surface area (Å²) in [5.41, 5.74) is 7.08. The minimum Gasteiger partial charge on any atom is -0.383 e. The van der Waals surface area contributed by atoms with Crippen LogP contribution in [0.25, 0.3) is 11.3 Å². The molecule has 1 aliphatic heterocycles. The Bertz CT molecular complexity index is 1170. The second-order valence-corrected chi connectivity index (χ2v) is 10.5. The number of imidazole rings is 1. The van der Waals surface area contributed by atoms with Gasteiger partial charge in [-0.3, -0.25) is 4.90 Å². The lowest BCUT2D eigenvalue weighted by molar-refractivity contribution is -0.137. The van der Waals surface area contributed by atoms with Crippen LogP contribution in [0.4, 0.5) is 19.0 Å². The molecule has 1 saturated heterocycles. The number of alkyl halides is 3. The topological polar surface area (TPSA) is 63.2 Å². The second kappa shape index (κ2) is 6.39. The molecule has 3 saturated carbocycles. The standard InChI is InChI=1S/C24H27F3N6/c1-31-4-6-32(7-5-31)18-10-15-20-21(18)23(15,20)33-12-17(30-19(33)8-13-2-3-13)14-9-16(24(25,26)27)22(28)29-11-14/h9-13,18,20-21H,2-8H2,1H3,(H2,28,29)/t18?,20-,21?,23-/m0/s1. The molecule has 5 aliphatic carbocycles. The number of nitrogens with two attached hydrogens (primary N) is 1. The summed E-state index contributed by atoms with van der Waals surface area (Å²) in [6, 6.07) is 1.57. The van der Waals surface area contributed by atoms with Crippen LogP contribution in [0.3, 0.4) is 0 Å². The number of likely N-dealkylation sites (N-methyl/N-ethyl adjacent to an activating group) is 1. The SMILES string of the molecule is CN1CCN(C2C=C3[C@H]4C2[C@]34n2cc(-c3cnc(N)c(C(F)(F)F)c3)nc2CC2CC2)CC1. The van der Waals surface area contributed by atoms with Crippen molar-refractivity contribution in [3.63, 3.8) is 0 Å². The number of aromatic nitrogens is 3. The van der Waals surface area contributed by atoms with E-state index < -0.39 is 17.6 Å². The zero-order chi connectivity index (χ0) is 22.7. The van der Waals surface area contributed by atoms with Gasteiger partial charge in [0.1, 0.15) is 11.6 Å². The summed E-state index contributed by atoms with van der Waals surface area (Å²) in [6.07, 6.45) is 4.62.